The number of ketones is 2. The summed E-state index contributed by atoms with van der Waals surface area (Å²) >= 11 is 0. The number of hydrogen-bond acceptors (Lipinski definition) is 7. The van der Waals surface area contributed by atoms with Crippen LogP contribution in [0.4, 0.5) is 0 Å². The van der Waals surface area contributed by atoms with Crippen molar-refractivity contribution in [3.63, 3.8) is 0 Å². The van der Waals surface area contributed by atoms with Crippen LogP contribution in [0.15, 0.2) is 42.7 Å². The molecule has 0 aromatic heterocycles. The lowest BCUT2D eigenvalue weighted by molar-refractivity contribution is 0.0813. The Bertz CT molecular complexity index is 879. The first kappa shape index (κ1) is 18.8. The maximum absolute atomic E-state index is 12.7. The predicted molar refractivity (Wildman–Crippen MR) is 92.1 cm³/mol. The summed E-state index contributed by atoms with van der Waals surface area (Å²) in [7, 11) is 4.29. The van der Waals surface area contributed by atoms with Gasteiger partial charge in [0, 0.05) is 12.1 Å². The quantitative estimate of drug-likeness (QED) is 0.311. The normalized spacial score (nSPS) is 9.65. The van der Waals surface area contributed by atoms with E-state index in [-0.39, 0.29) is 22.6 Å². The van der Waals surface area contributed by atoms with Gasteiger partial charge in [-0.25, -0.2) is 4.79 Å². The second kappa shape index (κ2) is 8.50. The molecule has 0 aliphatic carbocycles. The first-order valence-electron chi connectivity index (χ1n) is 7.40. The highest BCUT2D eigenvalue weighted by molar-refractivity contribution is 6.50. The summed E-state index contributed by atoms with van der Waals surface area (Å²) in [4.78, 5) is 35.7. The average Bonchev–Trinajstić information content (AvgIpc) is 2.70. The molecule has 0 amide bonds. The maximum Gasteiger partial charge on any atom is 0.237 e. The Morgan fingerprint density at radius 1 is 0.808 bits per heavy atom. The zero-order valence-electron chi connectivity index (χ0n) is 14.4. The molecule has 7 nitrogen and oxygen atoms in total. The summed E-state index contributed by atoms with van der Waals surface area (Å²) in [5, 5.41) is 0. The van der Waals surface area contributed by atoms with E-state index in [2.05, 4.69) is 0 Å². The van der Waals surface area contributed by atoms with Gasteiger partial charge in [-0.3, -0.25) is 9.59 Å². The highest BCUT2D eigenvalue weighted by Gasteiger charge is 2.25. The van der Waals surface area contributed by atoms with Gasteiger partial charge < -0.3 is 18.9 Å². The molecule has 0 heterocycles. The zero-order chi connectivity index (χ0) is 19.1. The second-order valence-corrected chi connectivity index (χ2v) is 4.94. The van der Waals surface area contributed by atoms with E-state index in [0.717, 1.165) is 6.26 Å². The van der Waals surface area contributed by atoms with Gasteiger partial charge in [0.1, 0.15) is 23.0 Å². The SMILES string of the molecule is COc1ccc(C(=O)C(=O)c2ccc(OC)cc2OC=C=O)c(OC)c1. The van der Waals surface area contributed by atoms with Crippen molar-refractivity contribution in [2.75, 3.05) is 21.3 Å². The van der Waals surface area contributed by atoms with Crippen molar-refractivity contribution in [3.8, 4) is 23.0 Å². The number of carbonyl (C=O) groups is 2. The van der Waals surface area contributed by atoms with E-state index >= 15 is 0 Å². The van der Waals surface area contributed by atoms with Gasteiger partial charge in [-0.2, -0.15) is 0 Å². The van der Waals surface area contributed by atoms with Crippen molar-refractivity contribution in [2.24, 2.45) is 0 Å². The first-order chi connectivity index (χ1) is 12.5. The summed E-state index contributed by atoms with van der Waals surface area (Å²) in [6.45, 7) is 0. The first-order valence-corrected chi connectivity index (χ1v) is 7.40. The van der Waals surface area contributed by atoms with Gasteiger partial charge in [-0.15, -0.1) is 0 Å². The maximum atomic E-state index is 12.7. The second-order valence-electron chi connectivity index (χ2n) is 4.94. The molecule has 2 aromatic rings. The molecule has 0 atom stereocenters. The number of rotatable bonds is 8. The minimum absolute atomic E-state index is 0.00136. The molecule has 0 N–H and O–H groups in total. The fraction of sp³-hybridized carbons (Fsp3) is 0.158. The molecule has 0 aliphatic heterocycles. The fourth-order valence-corrected chi connectivity index (χ4v) is 2.23. The van der Waals surface area contributed by atoms with E-state index in [1.165, 1.54) is 57.6 Å². The van der Waals surface area contributed by atoms with Crippen molar-refractivity contribution in [3.05, 3.63) is 53.8 Å². The van der Waals surface area contributed by atoms with Crippen LogP contribution in [-0.2, 0) is 4.79 Å². The van der Waals surface area contributed by atoms with Gasteiger partial charge in [-0.1, -0.05) is 0 Å². The minimum atomic E-state index is -0.828. The van der Waals surface area contributed by atoms with Crippen molar-refractivity contribution in [2.45, 2.75) is 0 Å². The Kier molecular flexibility index (Phi) is 6.14. The van der Waals surface area contributed by atoms with Crippen LogP contribution >= 0.6 is 0 Å². The van der Waals surface area contributed by atoms with Crippen LogP contribution in [0.3, 0.4) is 0 Å². The number of Topliss-reactive ketones (excluding diaryl/α,β-unsaturated/α-hetero) is 2. The number of carbonyl (C=O) groups excluding carboxylic acids is 3. The van der Waals surface area contributed by atoms with E-state index in [9.17, 15) is 14.4 Å². The monoisotopic (exact) mass is 356 g/mol. The number of hydrogen-bond donors (Lipinski definition) is 0. The van der Waals surface area contributed by atoms with Crippen LogP contribution in [0, 0.1) is 0 Å². The van der Waals surface area contributed by atoms with E-state index in [0.29, 0.717) is 11.5 Å². The van der Waals surface area contributed by atoms with Crippen LogP contribution in [0.2, 0.25) is 0 Å². The van der Waals surface area contributed by atoms with Crippen molar-refractivity contribution in [1.29, 1.82) is 0 Å². The Hall–Kier alpha value is -3.57. The average molecular weight is 356 g/mol. The van der Waals surface area contributed by atoms with Gasteiger partial charge in [0.25, 0.3) is 0 Å². The highest BCUT2D eigenvalue weighted by atomic mass is 16.5. The van der Waals surface area contributed by atoms with Crippen LogP contribution in [0.5, 0.6) is 23.0 Å². The van der Waals surface area contributed by atoms with Crippen molar-refractivity contribution < 1.29 is 33.3 Å². The van der Waals surface area contributed by atoms with E-state index < -0.39 is 11.6 Å². The third-order valence-corrected chi connectivity index (χ3v) is 3.53. The van der Waals surface area contributed by atoms with Gasteiger partial charge in [-0.05, 0) is 24.3 Å². The minimum Gasteiger partial charge on any atom is -0.497 e. The smallest absolute Gasteiger partial charge is 0.237 e. The largest absolute Gasteiger partial charge is 0.497 e. The summed E-state index contributed by atoms with van der Waals surface area (Å²) in [5.41, 5.74) is 0.0474. The number of ether oxygens (including phenoxy) is 4. The molecule has 0 fully saturated rings. The predicted octanol–water partition coefficient (Wildman–Crippen LogP) is 2.50. The standard InChI is InChI=1S/C19H16O7/c1-23-12-4-6-14(16(10-12)25-3)18(21)19(22)15-7-5-13(24-2)11-17(15)26-9-8-20/h4-7,9-11H,1-3H3. The molecule has 0 radical (unpaired) electrons. The Morgan fingerprint density at radius 3 is 1.77 bits per heavy atom. The molecule has 2 aromatic carbocycles. The lowest BCUT2D eigenvalue weighted by Gasteiger charge is -2.11. The molecule has 134 valence electrons. The molecule has 0 unspecified atom stereocenters. The lowest BCUT2D eigenvalue weighted by atomic mass is 9.99. The van der Waals surface area contributed by atoms with E-state index in [1.54, 1.807) is 6.07 Å². The molecule has 0 bridgehead atoms. The summed E-state index contributed by atoms with van der Waals surface area (Å²) in [6, 6.07) is 8.75. The summed E-state index contributed by atoms with van der Waals surface area (Å²) < 4.78 is 20.4. The van der Waals surface area contributed by atoms with Crippen LogP contribution < -0.4 is 18.9 Å². The third kappa shape index (κ3) is 3.91. The van der Waals surface area contributed by atoms with Gasteiger partial charge in [0.2, 0.25) is 11.6 Å². The fourth-order valence-electron chi connectivity index (χ4n) is 2.23. The Balaban J connectivity index is 2.45. The molecule has 26 heavy (non-hydrogen) atoms. The number of methoxy groups -OCH3 is 3. The van der Waals surface area contributed by atoms with Crippen LogP contribution in [-0.4, -0.2) is 38.8 Å². The topological polar surface area (TPSA) is 88.1 Å². The molecular weight excluding hydrogens is 340 g/mol. The molecule has 0 spiro atoms. The van der Waals surface area contributed by atoms with Crippen LogP contribution in [0.25, 0.3) is 0 Å². The molecule has 2 rings (SSSR count). The third-order valence-electron chi connectivity index (χ3n) is 3.53. The molecule has 7 heteroatoms. The Morgan fingerprint density at radius 2 is 1.31 bits per heavy atom. The van der Waals surface area contributed by atoms with Gasteiger partial charge >= 0.3 is 0 Å². The zero-order valence-corrected chi connectivity index (χ0v) is 14.4. The van der Waals surface area contributed by atoms with Crippen LogP contribution in [0.1, 0.15) is 20.7 Å². The van der Waals surface area contributed by atoms with Crippen molar-refractivity contribution >= 4 is 17.5 Å². The van der Waals surface area contributed by atoms with E-state index in [4.69, 9.17) is 18.9 Å². The molecule has 0 saturated carbocycles. The highest BCUT2D eigenvalue weighted by Crippen LogP contribution is 2.29. The number of benzene rings is 2. The summed E-state index contributed by atoms with van der Waals surface area (Å²) in [6.07, 6.45) is 0.740. The molecule has 0 saturated heterocycles. The van der Waals surface area contributed by atoms with Gasteiger partial charge in [0.05, 0.1) is 32.5 Å². The van der Waals surface area contributed by atoms with E-state index in [1.807, 2.05) is 0 Å². The summed E-state index contributed by atoms with van der Waals surface area (Å²) in [5.74, 6) is 0.893. The molecular formula is C19H16O7. The van der Waals surface area contributed by atoms with Crippen molar-refractivity contribution in [1.82, 2.24) is 0 Å². The van der Waals surface area contributed by atoms with Gasteiger partial charge in [0.15, 0.2) is 12.2 Å². The Labute approximate surface area is 149 Å². The lowest BCUT2D eigenvalue weighted by Crippen LogP contribution is -2.16. The molecule has 0 aliphatic rings.